The molecule has 0 aromatic heterocycles. The molecule has 0 spiro atoms. The number of carboxylic acid groups (broad SMARTS) is 2. The molecular formula is C27H37N5O10. The fourth-order valence-electron chi connectivity index (χ4n) is 3.91. The number of carboxylic acids is 2. The van der Waals surface area contributed by atoms with Crippen LogP contribution in [0.5, 0.6) is 0 Å². The van der Waals surface area contributed by atoms with Gasteiger partial charge in [-0.25, -0.2) is 0 Å². The molecule has 0 radical (unpaired) electrons. The summed E-state index contributed by atoms with van der Waals surface area (Å²) in [6.45, 7) is 2.23. The molecule has 1 aromatic rings. The summed E-state index contributed by atoms with van der Waals surface area (Å²) in [5.41, 5.74) is 8.87. The lowest BCUT2D eigenvalue weighted by atomic mass is 9.90. The van der Waals surface area contributed by atoms with Crippen LogP contribution < -0.4 is 10.6 Å². The maximum absolute atomic E-state index is 13.3. The van der Waals surface area contributed by atoms with Crippen molar-refractivity contribution in [3.8, 4) is 0 Å². The molecule has 0 aliphatic carbocycles. The van der Waals surface area contributed by atoms with Gasteiger partial charge in [0.1, 0.15) is 0 Å². The quantitative estimate of drug-likeness (QED) is 0.0618. The Bertz CT molecular complexity index is 1090. The number of azide groups is 1. The SMILES string of the molecule is CC(=O)N[C@@H](CC(=O)O)C(=O)C[C@H](Cc1ccccc1)C(=O)N[C@@H](CC(=O)O)C(=O)CCCOCCOCCN=[N+]=[N-]. The van der Waals surface area contributed by atoms with Gasteiger partial charge in [-0.3, -0.25) is 28.8 Å². The molecule has 0 saturated carbocycles. The number of rotatable bonds is 23. The number of carbonyl (C=O) groups is 6. The molecule has 0 fully saturated rings. The van der Waals surface area contributed by atoms with E-state index >= 15 is 0 Å². The number of hydrogen-bond acceptors (Lipinski definition) is 9. The highest BCUT2D eigenvalue weighted by molar-refractivity contribution is 5.96. The third-order valence-electron chi connectivity index (χ3n) is 5.85. The Hall–Kier alpha value is -4.33. The standard InChI is InChI=1S/C27H37N5O10/c1-18(33)30-22(17-26(38)39)24(35)15-20(14-19-6-3-2-4-7-19)27(40)31-21(16-25(36)37)23(34)8-5-10-41-12-13-42-11-9-29-32-28/h2-4,6-7,20-22H,5,8-17H2,1H3,(H,30,33)(H,31,40)(H,36,37)(H,38,39)/t20-,21-,22-/m0/s1. The van der Waals surface area contributed by atoms with Crippen LogP contribution in [0.2, 0.25) is 0 Å². The van der Waals surface area contributed by atoms with Gasteiger partial charge in [-0.05, 0) is 23.9 Å². The van der Waals surface area contributed by atoms with Gasteiger partial charge in [0.2, 0.25) is 11.8 Å². The van der Waals surface area contributed by atoms with Gasteiger partial charge in [0.25, 0.3) is 0 Å². The van der Waals surface area contributed by atoms with Crippen molar-refractivity contribution in [1.29, 1.82) is 0 Å². The molecule has 0 unspecified atom stereocenters. The van der Waals surface area contributed by atoms with Gasteiger partial charge < -0.3 is 30.3 Å². The molecule has 1 aromatic carbocycles. The summed E-state index contributed by atoms with van der Waals surface area (Å²) in [5, 5.41) is 26.6. The molecule has 0 aliphatic heterocycles. The average molecular weight is 592 g/mol. The van der Waals surface area contributed by atoms with Gasteiger partial charge in [0, 0.05) is 43.7 Å². The normalized spacial score (nSPS) is 12.7. The van der Waals surface area contributed by atoms with Gasteiger partial charge in [0.15, 0.2) is 11.6 Å². The van der Waals surface area contributed by atoms with Crippen molar-refractivity contribution in [3.63, 3.8) is 0 Å². The molecule has 0 heterocycles. The summed E-state index contributed by atoms with van der Waals surface area (Å²) < 4.78 is 10.6. The number of carbonyl (C=O) groups excluding carboxylic acids is 4. The van der Waals surface area contributed by atoms with Crippen LogP contribution in [0.3, 0.4) is 0 Å². The molecule has 15 heteroatoms. The number of nitrogens with one attached hydrogen (secondary N) is 2. The van der Waals surface area contributed by atoms with E-state index < -0.39 is 72.6 Å². The zero-order valence-electron chi connectivity index (χ0n) is 23.4. The van der Waals surface area contributed by atoms with Crippen LogP contribution in [0.1, 0.15) is 44.6 Å². The van der Waals surface area contributed by atoms with Gasteiger partial charge in [-0.2, -0.15) is 0 Å². The van der Waals surface area contributed by atoms with Crippen LogP contribution in [0, 0.1) is 5.92 Å². The first-order chi connectivity index (χ1) is 20.0. The van der Waals surface area contributed by atoms with Gasteiger partial charge >= 0.3 is 11.9 Å². The van der Waals surface area contributed by atoms with Crippen LogP contribution in [0.25, 0.3) is 10.4 Å². The smallest absolute Gasteiger partial charge is 0.305 e. The zero-order valence-corrected chi connectivity index (χ0v) is 23.4. The third kappa shape index (κ3) is 16.1. The Labute approximate surface area is 242 Å². The number of amides is 2. The predicted octanol–water partition coefficient (Wildman–Crippen LogP) is 1.44. The third-order valence-corrected chi connectivity index (χ3v) is 5.85. The van der Waals surface area contributed by atoms with Gasteiger partial charge in [-0.15, -0.1) is 0 Å². The fourth-order valence-corrected chi connectivity index (χ4v) is 3.91. The molecule has 3 atom stereocenters. The monoisotopic (exact) mass is 591 g/mol. The van der Waals surface area contributed by atoms with Crippen LogP contribution in [0.4, 0.5) is 0 Å². The number of ether oxygens (including phenoxy) is 2. The topological polar surface area (TPSA) is 234 Å². The van der Waals surface area contributed by atoms with E-state index in [1.54, 1.807) is 30.3 Å². The second kappa shape index (κ2) is 20.5. The van der Waals surface area contributed by atoms with Crippen molar-refractivity contribution >= 4 is 35.3 Å². The Balaban J connectivity index is 2.86. The Morgan fingerprint density at radius 2 is 1.45 bits per heavy atom. The lowest BCUT2D eigenvalue weighted by molar-refractivity contribution is -0.141. The van der Waals surface area contributed by atoms with Crippen molar-refractivity contribution in [1.82, 2.24) is 10.6 Å². The summed E-state index contributed by atoms with van der Waals surface area (Å²) in [6.07, 6.45) is -1.59. The van der Waals surface area contributed by atoms with E-state index in [9.17, 15) is 33.9 Å². The molecule has 0 aliphatic rings. The number of Topliss-reactive ketones (excluding diaryl/α,β-unsaturated/α-hetero) is 2. The summed E-state index contributed by atoms with van der Waals surface area (Å²) in [7, 11) is 0. The van der Waals surface area contributed by atoms with Crippen LogP contribution >= 0.6 is 0 Å². The number of ketones is 2. The van der Waals surface area contributed by atoms with Crippen LogP contribution in [-0.4, -0.2) is 90.6 Å². The summed E-state index contributed by atoms with van der Waals surface area (Å²) >= 11 is 0. The van der Waals surface area contributed by atoms with Crippen LogP contribution in [-0.2, 0) is 44.7 Å². The van der Waals surface area contributed by atoms with Crippen molar-refractivity contribution in [3.05, 3.63) is 46.3 Å². The number of benzene rings is 1. The molecule has 15 nitrogen and oxygen atoms in total. The Kier molecular flexibility index (Phi) is 17.5. The highest BCUT2D eigenvalue weighted by atomic mass is 16.5. The highest BCUT2D eigenvalue weighted by Gasteiger charge is 2.31. The first-order valence-corrected chi connectivity index (χ1v) is 13.3. The lowest BCUT2D eigenvalue weighted by Gasteiger charge is -2.23. The van der Waals surface area contributed by atoms with Crippen molar-refractivity contribution < 1.29 is 48.5 Å². The molecule has 42 heavy (non-hydrogen) atoms. The summed E-state index contributed by atoms with van der Waals surface area (Å²) in [5.74, 6) is -6.30. The minimum absolute atomic E-state index is 0.0467. The zero-order chi connectivity index (χ0) is 31.3. The summed E-state index contributed by atoms with van der Waals surface area (Å²) in [4.78, 5) is 75.9. The largest absolute Gasteiger partial charge is 0.481 e. The Morgan fingerprint density at radius 1 is 0.857 bits per heavy atom. The van der Waals surface area contributed by atoms with E-state index in [-0.39, 0.29) is 52.2 Å². The molecule has 2 amide bonds. The number of aliphatic carboxylic acids is 2. The van der Waals surface area contributed by atoms with Crippen molar-refractivity contribution in [2.45, 2.75) is 57.5 Å². The van der Waals surface area contributed by atoms with Gasteiger partial charge in [0.05, 0.1) is 44.7 Å². The first kappa shape index (κ1) is 35.7. The second-order valence-corrected chi connectivity index (χ2v) is 9.32. The van der Waals surface area contributed by atoms with E-state index in [2.05, 4.69) is 20.7 Å². The first-order valence-electron chi connectivity index (χ1n) is 13.3. The van der Waals surface area contributed by atoms with E-state index in [4.69, 9.17) is 20.1 Å². The maximum atomic E-state index is 13.3. The molecular weight excluding hydrogens is 554 g/mol. The minimum Gasteiger partial charge on any atom is -0.481 e. The van der Waals surface area contributed by atoms with Crippen molar-refractivity contribution in [2.24, 2.45) is 11.0 Å². The molecule has 4 N–H and O–H groups in total. The maximum Gasteiger partial charge on any atom is 0.305 e. The van der Waals surface area contributed by atoms with E-state index in [1.165, 1.54) is 0 Å². The van der Waals surface area contributed by atoms with Crippen molar-refractivity contribution in [2.75, 3.05) is 33.0 Å². The van der Waals surface area contributed by atoms with E-state index in [0.29, 0.717) is 5.56 Å². The molecule has 0 saturated heterocycles. The highest BCUT2D eigenvalue weighted by Crippen LogP contribution is 2.17. The van der Waals surface area contributed by atoms with E-state index in [1.807, 2.05) is 0 Å². The van der Waals surface area contributed by atoms with E-state index in [0.717, 1.165) is 6.92 Å². The molecule has 230 valence electrons. The summed E-state index contributed by atoms with van der Waals surface area (Å²) in [6, 6.07) is 5.93. The second-order valence-electron chi connectivity index (χ2n) is 9.32. The predicted molar refractivity (Wildman–Crippen MR) is 147 cm³/mol. The number of hydrogen-bond donors (Lipinski definition) is 4. The lowest BCUT2D eigenvalue weighted by Crippen LogP contribution is -2.47. The molecule has 1 rings (SSSR count). The minimum atomic E-state index is -1.36. The van der Waals surface area contributed by atoms with Gasteiger partial charge in [-0.1, -0.05) is 35.4 Å². The average Bonchev–Trinajstić information content (AvgIpc) is 2.92. The van der Waals surface area contributed by atoms with Crippen LogP contribution in [0.15, 0.2) is 35.4 Å². The number of nitrogens with zero attached hydrogens (tertiary/aromatic N) is 3. The molecule has 0 bridgehead atoms. The Morgan fingerprint density at radius 3 is 2.02 bits per heavy atom. The fraction of sp³-hybridized carbons (Fsp3) is 0.556.